The summed E-state index contributed by atoms with van der Waals surface area (Å²) in [6.45, 7) is 7.78. The van der Waals surface area contributed by atoms with Crippen LogP contribution in [-0.2, 0) is 6.42 Å². The van der Waals surface area contributed by atoms with E-state index in [0.29, 0.717) is 12.6 Å². The predicted molar refractivity (Wildman–Crippen MR) is 94.7 cm³/mol. The summed E-state index contributed by atoms with van der Waals surface area (Å²) in [7, 11) is 2.17. The zero-order chi connectivity index (χ0) is 16.5. The van der Waals surface area contributed by atoms with Crippen molar-refractivity contribution in [3.8, 4) is 0 Å². The Labute approximate surface area is 140 Å². The maximum Gasteiger partial charge on any atom is 0.314 e. The van der Waals surface area contributed by atoms with E-state index in [9.17, 15) is 4.79 Å². The SMILES string of the molecule is CCCNC(=O)NCC(Cc1ccccc1)N1CCN(C)CC1. The minimum Gasteiger partial charge on any atom is -0.338 e. The lowest BCUT2D eigenvalue weighted by atomic mass is 10.0. The zero-order valence-electron chi connectivity index (χ0n) is 14.4. The van der Waals surface area contributed by atoms with Crippen LogP contribution in [0.5, 0.6) is 0 Å². The molecule has 2 amide bonds. The van der Waals surface area contributed by atoms with Crippen LogP contribution in [-0.4, -0.2) is 68.2 Å². The van der Waals surface area contributed by atoms with Gasteiger partial charge in [-0.05, 0) is 25.5 Å². The van der Waals surface area contributed by atoms with Crippen molar-refractivity contribution in [2.45, 2.75) is 25.8 Å². The maximum atomic E-state index is 11.8. The summed E-state index contributed by atoms with van der Waals surface area (Å²) in [4.78, 5) is 16.7. The molecule has 0 aliphatic carbocycles. The number of nitrogens with one attached hydrogen (secondary N) is 2. The Balaban J connectivity index is 1.92. The third kappa shape index (κ3) is 6.20. The second-order valence-electron chi connectivity index (χ2n) is 6.32. The summed E-state index contributed by atoms with van der Waals surface area (Å²) in [5.41, 5.74) is 1.33. The van der Waals surface area contributed by atoms with Crippen LogP contribution in [0.1, 0.15) is 18.9 Å². The largest absolute Gasteiger partial charge is 0.338 e. The number of urea groups is 1. The summed E-state index contributed by atoms with van der Waals surface area (Å²) in [6, 6.07) is 10.8. The molecule has 1 heterocycles. The molecule has 1 aromatic rings. The zero-order valence-corrected chi connectivity index (χ0v) is 14.4. The molecular weight excluding hydrogens is 288 g/mol. The summed E-state index contributed by atoms with van der Waals surface area (Å²) in [5.74, 6) is 0. The molecule has 0 saturated carbocycles. The van der Waals surface area contributed by atoms with Crippen LogP contribution in [0.25, 0.3) is 0 Å². The Hall–Kier alpha value is -1.59. The Bertz CT molecular complexity index is 457. The molecule has 1 aromatic carbocycles. The number of piperazine rings is 1. The fourth-order valence-electron chi connectivity index (χ4n) is 2.92. The lowest BCUT2D eigenvalue weighted by molar-refractivity contribution is 0.110. The Morgan fingerprint density at radius 1 is 1.13 bits per heavy atom. The molecule has 23 heavy (non-hydrogen) atoms. The molecule has 5 nitrogen and oxygen atoms in total. The predicted octanol–water partition coefficient (Wildman–Crippen LogP) is 1.55. The van der Waals surface area contributed by atoms with Crippen molar-refractivity contribution >= 4 is 6.03 Å². The number of hydrogen-bond donors (Lipinski definition) is 2. The number of benzene rings is 1. The van der Waals surface area contributed by atoms with Crippen LogP contribution >= 0.6 is 0 Å². The lowest BCUT2D eigenvalue weighted by Gasteiger charge is -2.38. The summed E-state index contributed by atoms with van der Waals surface area (Å²) in [6.07, 6.45) is 1.93. The Morgan fingerprint density at radius 2 is 1.83 bits per heavy atom. The van der Waals surface area contributed by atoms with Crippen molar-refractivity contribution in [2.75, 3.05) is 46.3 Å². The molecule has 0 aromatic heterocycles. The summed E-state index contributed by atoms with van der Waals surface area (Å²) in [5, 5.41) is 5.93. The average Bonchev–Trinajstić information content (AvgIpc) is 2.58. The second kappa shape index (κ2) is 9.53. The van der Waals surface area contributed by atoms with Crippen molar-refractivity contribution in [3.05, 3.63) is 35.9 Å². The van der Waals surface area contributed by atoms with Gasteiger partial charge in [0.1, 0.15) is 0 Å². The number of likely N-dealkylation sites (N-methyl/N-ethyl adjacent to an activating group) is 1. The van der Waals surface area contributed by atoms with Gasteiger partial charge in [0, 0.05) is 45.3 Å². The van der Waals surface area contributed by atoms with Crippen LogP contribution in [0.15, 0.2) is 30.3 Å². The third-order valence-corrected chi connectivity index (χ3v) is 4.40. The Morgan fingerprint density at radius 3 is 2.48 bits per heavy atom. The van der Waals surface area contributed by atoms with E-state index in [0.717, 1.165) is 45.6 Å². The van der Waals surface area contributed by atoms with Gasteiger partial charge in [-0.15, -0.1) is 0 Å². The molecule has 2 rings (SSSR count). The highest BCUT2D eigenvalue weighted by atomic mass is 16.2. The van der Waals surface area contributed by atoms with Crippen LogP contribution in [0.3, 0.4) is 0 Å². The van der Waals surface area contributed by atoms with E-state index in [2.05, 4.69) is 58.7 Å². The van der Waals surface area contributed by atoms with E-state index in [-0.39, 0.29) is 6.03 Å². The quantitative estimate of drug-likeness (QED) is 0.802. The maximum absolute atomic E-state index is 11.8. The van der Waals surface area contributed by atoms with E-state index in [1.807, 2.05) is 6.07 Å². The topological polar surface area (TPSA) is 47.6 Å². The van der Waals surface area contributed by atoms with Gasteiger partial charge in [-0.25, -0.2) is 4.79 Å². The normalized spacial score (nSPS) is 17.7. The monoisotopic (exact) mass is 318 g/mol. The van der Waals surface area contributed by atoms with Crippen LogP contribution in [0.4, 0.5) is 4.79 Å². The van der Waals surface area contributed by atoms with Crippen LogP contribution in [0, 0.1) is 0 Å². The smallest absolute Gasteiger partial charge is 0.314 e. The number of carbonyl (C=O) groups is 1. The number of rotatable bonds is 7. The minimum absolute atomic E-state index is 0.0564. The molecule has 5 heteroatoms. The molecule has 1 atom stereocenters. The van der Waals surface area contributed by atoms with Crippen molar-refractivity contribution in [2.24, 2.45) is 0 Å². The van der Waals surface area contributed by atoms with E-state index in [1.165, 1.54) is 5.56 Å². The van der Waals surface area contributed by atoms with E-state index >= 15 is 0 Å². The first kappa shape index (κ1) is 17.8. The number of amides is 2. The van der Waals surface area contributed by atoms with E-state index in [4.69, 9.17) is 0 Å². The molecule has 1 unspecified atom stereocenters. The summed E-state index contributed by atoms with van der Waals surface area (Å²) < 4.78 is 0. The first-order valence-corrected chi connectivity index (χ1v) is 8.67. The van der Waals surface area contributed by atoms with E-state index < -0.39 is 0 Å². The molecule has 0 radical (unpaired) electrons. The fraction of sp³-hybridized carbons (Fsp3) is 0.611. The first-order chi connectivity index (χ1) is 11.2. The van der Waals surface area contributed by atoms with Gasteiger partial charge in [0.2, 0.25) is 0 Å². The van der Waals surface area contributed by atoms with Gasteiger partial charge in [-0.1, -0.05) is 37.3 Å². The van der Waals surface area contributed by atoms with Crippen molar-refractivity contribution in [1.82, 2.24) is 20.4 Å². The molecule has 1 saturated heterocycles. The van der Waals surface area contributed by atoms with Gasteiger partial charge >= 0.3 is 6.03 Å². The highest BCUT2D eigenvalue weighted by Gasteiger charge is 2.23. The molecule has 2 N–H and O–H groups in total. The van der Waals surface area contributed by atoms with E-state index in [1.54, 1.807) is 0 Å². The molecule has 0 spiro atoms. The van der Waals surface area contributed by atoms with Crippen molar-refractivity contribution < 1.29 is 4.79 Å². The first-order valence-electron chi connectivity index (χ1n) is 8.67. The minimum atomic E-state index is -0.0564. The van der Waals surface area contributed by atoms with Gasteiger partial charge in [-0.3, -0.25) is 4.90 Å². The Kier molecular flexibility index (Phi) is 7.36. The van der Waals surface area contributed by atoms with Gasteiger partial charge < -0.3 is 15.5 Å². The van der Waals surface area contributed by atoms with Gasteiger partial charge in [0.05, 0.1) is 0 Å². The number of nitrogens with zero attached hydrogens (tertiary/aromatic N) is 2. The highest BCUT2D eigenvalue weighted by Crippen LogP contribution is 2.11. The average molecular weight is 318 g/mol. The van der Waals surface area contributed by atoms with Gasteiger partial charge in [0.15, 0.2) is 0 Å². The lowest BCUT2D eigenvalue weighted by Crippen LogP contribution is -2.54. The second-order valence-corrected chi connectivity index (χ2v) is 6.32. The molecule has 128 valence electrons. The van der Waals surface area contributed by atoms with Crippen LogP contribution in [0.2, 0.25) is 0 Å². The molecule has 1 aliphatic rings. The van der Waals surface area contributed by atoms with Gasteiger partial charge in [0.25, 0.3) is 0 Å². The third-order valence-electron chi connectivity index (χ3n) is 4.40. The number of carbonyl (C=O) groups excluding carboxylic acids is 1. The van der Waals surface area contributed by atoms with Crippen molar-refractivity contribution in [3.63, 3.8) is 0 Å². The molecular formula is C18H30N4O. The number of hydrogen-bond acceptors (Lipinski definition) is 3. The molecule has 0 bridgehead atoms. The van der Waals surface area contributed by atoms with Gasteiger partial charge in [-0.2, -0.15) is 0 Å². The highest BCUT2D eigenvalue weighted by molar-refractivity contribution is 5.73. The molecule has 1 fully saturated rings. The fourth-order valence-corrected chi connectivity index (χ4v) is 2.92. The molecule has 1 aliphatic heterocycles. The van der Waals surface area contributed by atoms with Crippen LogP contribution < -0.4 is 10.6 Å². The van der Waals surface area contributed by atoms with Crippen molar-refractivity contribution in [1.29, 1.82) is 0 Å². The summed E-state index contributed by atoms with van der Waals surface area (Å²) >= 11 is 0. The standard InChI is InChI=1S/C18H30N4O/c1-3-9-19-18(23)20-15-17(14-16-7-5-4-6-8-16)22-12-10-21(2)11-13-22/h4-8,17H,3,9-15H2,1-2H3,(H2,19,20,23).